The number of esters is 1. The van der Waals surface area contributed by atoms with E-state index >= 15 is 0 Å². The summed E-state index contributed by atoms with van der Waals surface area (Å²) < 4.78 is 16.0. The maximum atomic E-state index is 12.3. The lowest BCUT2D eigenvalue weighted by atomic mass is 10.1. The normalized spacial score (nSPS) is 10.4. The number of hydrogen-bond acceptors (Lipinski definition) is 6. The van der Waals surface area contributed by atoms with Crippen LogP contribution in [0.2, 0.25) is 0 Å². The summed E-state index contributed by atoms with van der Waals surface area (Å²) >= 11 is 0. The number of amides is 3. The molecule has 8 heteroatoms. The summed E-state index contributed by atoms with van der Waals surface area (Å²) in [5, 5.41) is 4.72. The van der Waals surface area contributed by atoms with Crippen molar-refractivity contribution in [1.29, 1.82) is 0 Å². The molecular weight excluding hydrogens is 412 g/mol. The van der Waals surface area contributed by atoms with Gasteiger partial charge in [0.2, 0.25) is 0 Å². The highest BCUT2D eigenvalue weighted by molar-refractivity contribution is 6.02. The van der Waals surface area contributed by atoms with Crippen molar-refractivity contribution in [2.24, 2.45) is 5.92 Å². The molecule has 2 aromatic carbocycles. The molecular formula is C24H30N2O6. The maximum absolute atomic E-state index is 12.3. The van der Waals surface area contributed by atoms with Crippen LogP contribution < -0.4 is 20.1 Å². The summed E-state index contributed by atoms with van der Waals surface area (Å²) in [7, 11) is 1.47. The minimum Gasteiger partial charge on any atom is -0.493 e. The lowest BCUT2D eigenvalue weighted by Crippen LogP contribution is -2.37. The van der Waals surface area contributed by atoms with Gasteiger partial charge in [-0.05, 0) is 56.0 Å². The summed E-state index contributed by atoms with van der Waals surface area (Å²) in [6.07, 6.45) is 0.888. The van der Waals surface area contributed by atoms with Crippen LogP contribution in [-0.2, 0) is 9.53 Å². The van der Waals surface area contributed by atoms with E-state index in [2.05, 4.69) is 24.5 Å². The van der Waals surface area contributed by atoms with E-state index < -0.39 is 24.5 Å². The average Bonchev–Trinajstić information content (AvgIpc) is 2.74. The SMILES string of the molecule is COc1cc(C(=O)OCC(=O)NC(=O)Nc2ccc(C)cc2C)ccc1OCCC(C)C. The van der Waals surface area contributed by atoms with Gasteiger partial charge in [0, 0.05) is 5.69 Å². The smallest absolute Gasteiger partial charge is 0.338 e. The Balaban J connectivity index is 1.86. The van der Waals surface area contributed by atoms with Gasteiger partial charge in [0.05, 0.1) is 19.3 Å². The molecule has 172 valence electrons. The number of carbonyl (C=O) groups excluding carboxylic acids is 3. The molecule has 0 radical (unpaired) electrons. The second-order valence-electron chi connectivity index (χ2n) is 7.79. The van der Waals surface area contributed by atoms with Gasteiger partial charge in [-0.2, -0.15) is 0 Å². The second kappa shape index (κ2) is 11.7. The molecule has 0 spiro atoms. The third-order valence-electron chi connectivity index (χ3n) is 4.57. The van der Waals surface area contributed by atoms with Crippen LogP contribution >= 0.6 is 0 Å². The molecule has 3 amide bonds. The lowest BCUT2D eigenvalue weighted by molar-refractivity contribution is -0.123. The van der Waals surface area contributed by atoms with Crippen LogP contribution in [0.5, 0.6) is 11.5 Å². The van der Waals surface area contributed by atoms with Crippen molar-refractivity contribution in [1.82, 2.24) is 5.32 Å². The van der Waals surface area contributed by atoms with Crippen molar-refractivity contribution < 1.29 is 28.6 Å². The average molecular weight is 443 g/mol. The number of anilines is 1. The summed E-state index contributed by atoms with van der Waals surface area (Å²) in [6, 6.07) is 9.43. The van der Waals surface area contributed by atoms with Crippen LogP contribution in [0.4, 0.5) is 10.5 Å². The summed E-state index contributed by atoms with van der Waals surface area (Å²) in [5.74, 6) is -0.0569. The fourth-order valence-corrected chi connectivity index (χ4v) is 2.80. The van der Waals surface area contributed by atoms with E-state index in [1.165, 1.54) is 19.2 Å². The number of benzene rings is 2. The van der Waals surface area contributed by atoms with Crippen molar-refractivity contribution in [2.75, 3.05) is 25.6 Å². The first-order valence-corrected chi connectivity index (χ1v) is 10.4. The molecule has 2 N–H and O–H groups in total. The fourth-order valence-electron chi connectivity index (χ4n) is 2.80. The zero-order valence-electron chi connectivity index (χ0n) is 19.1. The quantitative estimate of drug-likeness (QED) is 0.563. The van der Waals surface area contributed by atoms with Gasteiger partial charge in [-0.1, -0.05) is 31.5 Å². The highest BCUT2D eigenvalue weighted by Gasteiger charge is 2.16. The van der Waals surface area contributed by atoms with Gasteiger partial charge < -0.3 is 19.5 Å². The van der Waals surface area contributed by atoms with E-state index in [-0.39, 0.29) is 5.56 Å². The first-order valence-electron chi connectivity index (χ1n) is 10.4. The summed E-state index contributed by atoms with van der Waals surface area (Å²) in [4.78, 5) is 36.3. The van der Waals surface area contributed by atoms with Gasteiger partial charge in [0.1, 0.15) is 0 Å². The number of methoxy groups -OCH3 is 1. The first kappa shape index (κ1) is 24.7. The second-order valence-corrected chi connectivity index (χ2v) is 7.79. The van der Waals surface area contributed by atoms with Crippen molar-refractivity contribution >= 4 is 23.6 Å². The molecule has 0 atom stereocenters. The van der Waals surface area contributed by atoms with Gasteiger partial charge in [-0.15, -0.1) is 0 Å². The predicted octanol–water partition coefficient (Wildman–Crippen LogP) is 4.24. The predicted molar refractivity (Wildman–Crippen MR) is 121 cm³/mol. The third kappa shape index (κ3) is 7.61. The molecule has 2 aromatic rings. The van der Waals surface area contributed by atoms with Crippen molar-refractivity contribution in [3.63, 3.8) is 0 Å². The van der Waals surface area contributed by atoms with Crippen LogP contribution in [0.15, 0.2) is 36.4 Å². The molecule has 0 saturated heterocycles. The Morgan fingerprint density at radius 3 is 2.41 bits per heavy atom. The maximum Gasteiger partial charge on any atom is 0.338 e. The number of aryl methyl sites for hydroxylation is 2. The molecule has 0 fully saturated rings. The molecule has 0 aliphatic heterocycles. The number of hydrogen-bond donors (Lipinski definition) is 2. The van der Waals surface area contributed by atoms with Crippen molar-refractivity contribution in [3.8, 4) is 11.5 Å². The molecule has 0 bridgehead atoms. The van der Waals surface area contributed by atoms with Gasteiger partial charge in [-0.3, -0.25) is 10.1 Å². The Kier molecular flexibility index (Phi) is 9.07. The van der Waals surface area contributed by atoms with E-state index in [0.29, 0.717) is 29.7 Å². The Hall–Kier alpha value is -3.55. The number of carbonyl (C=O) groups is 3. The number of urea groups is 1. The highest BCUT2D eigenvalue weighted by Crippen LogP contribution is 2.28. The van der Waals surface area contributed by atoms with Crippen LogP contribution in [0.3, 0.4) is 0 Å². The summed E-state index contributed by atoms with van der Waals surface area (Å²) in [5.41, 5.74) is 2.71. The lowest BCUT2D eigenvalue weighted by Gasteiger charge is -2.13. The van der Waals surface area contributed by atoms with Gasteiger partial charge in [-0.25, -0.2) is 9.59 Å². The topological polar surface area (TPSA) is 103 Å². The van der Waals surface area contributed by atoms with E-state index in [1.807, 2.05) is 26.0 Å². The van der Waals surface area contributed by atoms with E-state index in [9.17, 15) is 14.4 Å². The van der Waals surface area contributed by atoms with E-state index in [4.69, 9.17) is 14.2 Å². The molecule has 32 heavy (non-hydrogen) atoms. The monoisotopic (exact) mass is 442 g/mol. The van der Waals surface area contributed by atoms with Crippen LogP contribution in [0.1, 0.15) is 41.8 Å². The molecule has 0 aliphatic rings. The Labute approximate surface area is 188 Å². The van der Waals surface area contributed by atoms with Gasteiger partial charge in [0.25, 0.3) is 5.91 Å². The van der Waals surface area contributed by atoms with E-state index in [1.54, 1.807) is 12.1 Å². The molecule has 0 unspecified atom stereocenters. The first-order chi connectivity index (χ1) is 15.2. The van der Waals surface area contributed by atoms with Crippen LogP contribution in [-0.4, -0.2) is 38.2 Å². The molecule has 0 aromatic heterocycles. The molecule has 2 rings (SSSR count). The molecule has 0 heterocycles. The largest absolute Gasteiger partial charge is 0.493 e. The third-order valence-corrected chi connectivity index (χ3v) is 4.57. The standard InChI is InChI=1S/C24H30N2O6/c1-15(2)10-11-31-20-9-7-18(13-21(20)30-5)23(28)32-14-22(27)26-24(29)25-19-8-6-16(3)12-17(19)4/h6-9,12-13,15H,10-11,14H2,1-5H3,(H2,25,26,27,29). The van der Waals surface area contributed by atoms with Crippen molar-refractivity contribution in [3.05, 3.63) is 53.1 Å². The number of rotatable bonds is 9. The van der Waals surface area contributed by atoms with Crippen molar-refractivity contribution in [2.45, 2.75) is 34.1 Å². The zero-order valence-corrected chi connectivity index (χ0v) is 19.1. The van der Waals surface area contributed by atoms with E-state index in [0.717, 1.165) is 17.5 Å². The summed E-state index contributed by atoms with van der Waals surface area (Å²) in [6.45, 7) is 7.92. The Morgan fingerprint density at radius 1 is 1.00 bits per heavy atom. The fraction of sp³-hybridized carbons (Fsp3) is 0.375. The Bertz CT molecular complexity index is 971. The van der Waals surface area contributed by atoms with Crippen LogP contribution in [0, 0.1) is 19.8 Å². The molecule has 0 aliphatic carbocycles. The minimum atomic E-state index is -0.749. The minimum absolute atomic E-state index is 0.200. The van der Waals surface area contributed by atoms with Gasteiger partial charge >= 0.3 is 12.0 Å². The van der Waals surface area contributed by atoms with Gasteiger partial charge in [0.15, 0.2) is 18.1 Å². The van der Waals surface area contributed by atoms with Crippen LogP contribution in [0.25, 0.3) is 0 Å². The highest BCUT2D eigenvalue weighted by atomic mass is 16.5. The number of imide groups is 1. The molecule has 0 saturated carbocycles. The number of ether oxygens (including phenoxy) is 3. The molecule has 8 nitrogen and oxygen atoms in total. The Morgan fingerprint density at radius 2 is 1.75 bits per heavy atom. The number of nitrogens with one attached hydrogen (secondary N) is 2. The zero-order chi connectivity index (χ0) is 23.7.